The Morgan fingerprint density at radius 2 is 1.07 bits per heavy atom. The fourth-order valence-corrected chi connectivity index (χ4v) is 5.92. The second kappa shape index (κ2) is 12.4. The van der Waals surface area contributed by atoms with Gasteiger partial charge in [0.05, 0.1) is 0 Å². The van der Waals surface area contributed by atoms with E-state index in [-0.39, 0.29) is 0 Å². The largest absolute Gasteiger partial charge is 0.473 e. The summed E-state index contributed by atoms with van der Waals surface area (Å²) in [5.74, 6) is 1.98. The highest BCUT2D eigenvalue weighted by atomic mass is 16.5. The molecule has 2 aliphatic rings. The Hall–Kier alpha value is -4.44. The third-order valence-electron chi connectivity index (χ3n) is 8.03. The molecule has 4 heteroatoms. The fourth-order valence-electron chi connectivity index (χ4n) is 5.92. The van der Waals surface area contributed by atoms with Crippen molar-refractivity contribution < 1.29 is 9.47 Å². The molecule has 2 heterocycles. The Kier molecular flexibility index (Phi) is 8.09. The van der Waals surface area contributed by atoms with Crippen molar-refractivity contribution in [1.29, 1.82) is 0 Å². The van der Waals surface area contributed by atoms with Gasteiger partial charge in [-0.2, -0.15) is 0 Å². The molecule has 0 saturated heterocycles. The van der Waals surface area contributed by atoms with E-state index in [9.17, 15) is 0 Å². The predicted molar refractivity (Wildman–Crippen MR) is 169 cm³/mol. The number of hydrogen-bond donors (Lipinski definition) is 0. The summed E-state index contributed by atoms with van der Waals surface area (Å²) in [7, 11) is 0. The van der Waals surface area contributed by atoms with E-state index in [4.69, 9.17) is 9.47 Å². The first-order chi connectivity index (χ1) is 20.2. The Morgan fingerprint density at radius 1 is 0.610 bits per heavy atom. The number of rotatable bonds is 10. The van der Waals surface area contributed by atoms with Crippen molar-refractivity contribution in [3.63, 3.8) is 0 Å². The van der Waals surface area contributed by atoms with E-state index in [2.05, 4.69) is 95.8 Å². The average Bonchev–Trinajstić information content (AvgIpc) is 3.02. The molecule has 4 aromatic carbocycles. The molecule has 0 aliphatic carbocycles. The summed E-state index contributed by atoms with van der Waals surface area (Å²) in [5, 5.41) is 0. The van der Waals surface area contributed by atoms with Gasteiger partial charge in [-0.25, -0.2) is 0 Å². The SMILES string of the molecule is C=CCCc1cc(Cc2ccc(N3COc4ccccc4C3)c(CCC=C)c2)ccc1N1COc2ccccc2C1. The Bertz CT molecular complexity index is 1430. The summed E-state index contributed by atoms with van der Waals surface area (Å²) >= 11 is 0. The predicted octanol–water partition coefficient (Wildman–Crippen LogP) is 8.23. The van der Waals surface area contributed by atoms with E-state index in [1.54, 1.807) is 0 Å². The molecule has 0 fully saturated rings. The van der Waals surface area contributed by atoms with Crippen LogP contribution in [0.2, 0.25) is 0 Å². The minimum atomic E-state index is 0.566. The lowest BCUT2D eigenvalue weighted by Gasteiger charge is -2.32. The van der Waals surface area contributed by atoms with Crippen LogP contribution in [-0.4, -0.2) is 13.5 Å². The number of hydrogen-bond acceptors (Lipinski definition) is 4. The van der Waals surface area contributed by atoms with E-state index in [0.29, 0.717) is 13.5 Å². The van der Waals surface area contributed by atoms with Crippen LogP contribution in [0.25, 0.3) is 0 Å². The lowest BCUT2D eigenvalue weighted by atomic mass is 9.96. The first kappa shape index (κ1) is 26.8. The third kappa shape index (κ3) is 6.02. The number of anilines is 2. The molecule has 0 radical (unpaired) electrons. The monoisotopic (exact) mass is 542 g/mol. The first-order valence-corrected chi connectivity index (χ1v) is 14.6. The van der Waals surface area contributed by atoms with Crippen LogP contribution in [-0.2, 0) is 32.4 Å². The van der Waals surface area contributed by atoms with Gasteiger partial charge in [0, 0.05) is 35.6 Å². The molecule has 0 bridgehead atoms. The van der Waals surface area contributed by atoms with Crippen LogP contribution in [0, 0.1) is 0 Å². The molecular formula is C37H38N2O2. The molecule has 0 unspecified atom stereocenters. The van der Waals surface area contributed by atoms with Gasteiger partial charge < -0.3 is 19.3 Å². The van der Waals surface area contributed by atoms with Crippen LogP contribution in [0.1, 0.15) is 46.2 Å². The quantitative estimate of drug-likeness (QED) is 0.189. The highest BCUT2D eigenvalue weighted by molar-refractivity contribution is 5.59. The summed E-state index contributed by atoms with van der Waals surface area (Å²) in [6.07, 6.45) is 8.72. The van der Waals surface area contributed by atoms with E-state index in [1.165, 1.54) is 44.8 Å². The Morgan fingerprint density at radius 3 is 1.54 bits per heavy atom. The topological polar surface area (TPSA) is 24.9 Å². The van der Waals surface area contributed by atoms with Crippen LogP contribution >= 0.6 is 0 Å². The number of allylic oxidation sites excluding steroid dienone is 2. The molecule has 6 rings (SSSR count). The molecule has 0 atom stereocenters. The molecule has 0 amide bonds. The zero-order chi connectivity index (χ0) is 28.0. The van der Waals surface area contributed by atoms with Crippen molar-refractivity contribution in [2.75, 3.05) is 23.3 Å². The molecule has 208 valence electrons. The molecule has 0 spiro atoms. The lowest BCUT2D eigenvalue weighted by molar-refractivity contribution is 0.289. The second-order valence-electron chi connectivity index (χ2n) is 10.9. The zero-order valence-corrected chi connectivity index (χ0v) is 23.7. The average molecular weight is 543 g/mol. The second-order valence-corrected chi connectivity index (χ2v) is 10.9. The lowest BCUT2D eigenvalue weighted by Crippen LogP contribution is -2.32. The van der Waals surface area contributed by atoms with Crippen molar-refractivity contribution in [2.24, 2.45) is 0 Å². The van der Waals surface area contributed by atoms with Gasteiger partial charge in [-0.05, 0) is 78.6 Å². The van der Waals surface area contributed by atoms with Crippen molar-refractivity contribution in [3.8, 4) is 11.5 Å². The van der Waals surface area contributed by atoms with Gasteiger partial charge in [-0.3, -0.25) is 0 Å². The van der Waals surface area contributed by atoms with Crippen molar-refractivity contribution in [3.05, 3.63) is 144 Å². The molecule has 2 aliphatic heterocycles. The van der Waals surface area contributed by atoms with Gasteiger partial charge in [0.15, 0.2) is 13.5 Å². The standard InChI is InChI=1S/C37H38N2O2/c1-3-5-11-30-22-28(17-19-34(30)38-24-32-13-7-9-15-36(32)40-26-38)21-29-18-20-35(31(23-29)12-6-4-2)39-25-33-14-8-10-16-37(33)41-27-39/h3-4,7-10,13-20,22-23H,1-2,5-6,11-12,21,24-27H2. The minimum absolute atomic E-state index is 0.566. The minimum Gasteiger partial charge on any atom is -0.473 e. The maximum Gasteiger partial charge on any atom is 0.161 e. The highest BCUT2D eigenvalue weighted by Gasteiger charge is 2.21. The van der Waals surface area contributed by atoms with Gasteiger partial charge in [0.2, 0.25) is 0 Å². The van der Waals surface area contributed by atoms with Crippen LogP contribution in [0.3, 0.4) is 0 Å². The molecule has 0 N–H and O–H groups in total. The maximum absolute atomic E-state index is 6.09. The molecular weight excluding hydrogens is 504 g/mol. The molecule has 0 saturated carbocycles. The summed E-state index contributed by atoms with van der Waals surface area (Å²) in [6, 6.07) is 30.5. The molecule has 0 aromatic heterocycles. The molecule has 4 aromatic rings. The Labute approximate surface area is 244 Å². The van der Waals surface area contributed by atoms with E-state index in [0.717, 1.165) is 56.7 Å². The van der Waals surface area contributed by atoms with Crippen LogP contribution in [0.4, 0.5) is 11.4 Å². The smallest absolute Gasteiger partial charge is 0.161 e. The van der Waals surface area contributed by atoms with Gasteiger partial charge in [0.25, 0.3) is 0 Å². The number of benzene rings is 4. The highest BCUT2D eigenvalue weighted by Crippen LogP contribution is 2.34. The van der Waals surface area contributed by atoms with Gasteiger partial charge >= 0.3 is 0 Å². The summed E-state index contributed by atoms with van der Waals surface area (Å²) in [5.41, 5.74) is 10.3. The first-order valence-electron chi connectivity index (χ1n) is 14.6. The van der Waals surface area contributed by atoms with Crippen molar-refractivity contribution >= 4 is 11.4 Å². The Balaban J connectivity index is 1.24. The number of nitrogens with zero attached hydrogens (tertiary/aromatic N) is 2. The normalized spacial score (nSPS) is 14.0. The van der Waals surface area contributed by atoms with E-state index in [1.807, 2.05) is 24.3 Å². The summed E-state index contributed by atoms with van der Waals surface area (Å²) in [6.45, 7) is 10.8. The van der Waals surface area contributed by atoms with Crippen LogP contribution in [0.15, 0.2) is 110 Å². The van der Waals surface area contributed by atoms with Crippen molar-refractivity contribution in [2.45, 2.75) is 45.2 Å². The number of aryl methyl sites for hydroxylation is 2. The number of ether oxygens (including phenoxy) is 2. The van der Waals surface area contributed by atoms with Gasteiger partial charge in [-0.15, -0.1) is 13.2 Å². The summed E-state index contributed by atoms with van der Waals surface area (Å²) in [4.78, 5) is 4.68. The maximum atomic E-state index is 6.09. The number of fused-ring (bicyclic) bond motifs is 2. The summed E-state index contributed by atoms with van der Waals surface area (Å²) < 4.78 is 12.2. The third-order valence-corrected chi connectivity index (χ3v) is 8.03. The van der Waals surface area contributed by atoms with Gasteiger partial charge in [0.1, 0.15) is 11.5 Å². The van der Waals surface area contributed by atoms with Gasteiger partial charge in [-0.1, -0.05) is 72.8 Å². The molecule has 41 heavy (non-hydrogen) atoms. The van der Waals surface area contributed by atoms with E-state index < -0.39 is 0 Å². The van der Waals surface area contributed by atoms with Crippen LogP contribution in [0.5, 0.6) is 11.5 Å². The van der Waals surface area contributed by atoms with E-state index >= 15 is 0 Å². The number of para-hydroxylation sites is 2. The molecule has 4 nitrogen and oxygen atoms in total. The van der Waals surface area contributed by atoms with Crippen molar-refractivity contribution in [1.82, 2.24) is 0 Å². The fraction of sp³-hybridized carbons (Fsp3) is 0.243. The zero-order valence-electron chi connectivity index (χ0n) is 23.7. The van der Waals surface area contributed by atoms with Crippen LogP contribution < -0.4 is 19.3 Å².